The summed E-state index contributed by atoms with van der Waals surface area (Å²) in [6, 6.07) is 0.360. The maximum atomic E-state index is 5.89. The molecule has 0 aliphatic heterocycles. The zero-order valence-corrected chi connectivity index (χ0v) is 13.2. The zero-order valence-electron chi connectivity index (χ0n) is 12.4. The number of aryl methyl sites for hydroxylation is 1. The molecule has 0 aromatic carbocycles. The summed E-state index contributed by atoms with van der Waals surface area (Å²) < 4.78 is 0. The predicted octanol–water partition coefficient (Wildman–Crippen LogP) is 3.43. The molecule has 1 atom stereocenters. The van der Waals surface area contributed by atoms with Crippen LogP contribution >= 0.6 is 11.3 Å². The standard InChI is InChI=1S/C15H27N3S/c1-11(2)9-15(6-4-5-7-15)14(18-16)8-13-10-19-12(3)17-13/h10-11,14,18H,4-9,16H2,1-3H3. The lowest BCUT2D eigenvalue weighted by Gasteiger charge is -2.38. The predicted molar refractivity (Wildman–Crippen MR) is 82.0 cm³/mol. The summed E-state index contributed by atoms with van der Waals surface area (Å²) in [5, 5.41) is 3.33. The topological polar surface area (TPSA) is 50.9 Å². The second-order valence-corrected chi connectivity index (χ2v) is 7.51. The normalized spacial score (nSPS) is 20.1. The van der Waals surface area contributed by atoms with E-state index in [1.807, 2.05) is 0 Å². The van der Waals surface area contributed by atoms with E-state index in [9.17, 15) is 0 Å². The van der Waals surface area contributed by atoms with Gasteiger partial charge in [-0.05, 0) is 37.5 Å². The maximum Gasteiger partial charge on any atom is 0.0897 e. The van der Waals surface area contributed by atoms with Gasteiger partial charge in [0.15, 0.2) is 0 Å². The summed E-state index contributed by atoms with van der Waals surface area (Å²) in [6.07, 6.45) is 7.55. The molecular formula is C15H27N3S. The molecule has 0 amide bonds. The van der Waals surface area contributed by atoms with Gasteiger partial charge in [0.1, 0.15) is 0 Å². The summed E-state index contributed by atoms with van der Waals surface area (Å²) >= 11 is 1.73. The van der Waals surface area contributed by atoms with E-state index in [4.69, 9.17) is 5.84 Å². The molecule has 1 saturated carbocycles. The van der Waals surface area contributed by atoms with Gasteiger partial charge in [-0.2, -0.15) is 0 Å². The Morgan fingerprint density at radius 3 is 2.58 bits per heavy atom. The van der Waals surface area contributed by atoms with Crippen molar-refractivity contribution in [2.24, 2.45) is 17.2 Å². The first-order valence-corrected chi connectivity index (χ1v) is 8.31. The Morgan fingerprint density at radius 2 is 2.11 bits per heavy atom. The number of hydrogen-bond donors (Lipinski definition) is 2. The van der Waals surface area contributed by atoms with E-state index in [0.29, 0.717) is 11.5 Å². The van der Waals surface area contributed by atoms with Crippen LogP contribution in [-0.4, -0.2) is 11.0 Å². The van der Waals surface area contributed by atoms with Crippen molar-refractivity contribution in [3.05, 3.63) is 16.1 Å². The third kappa shape index (κ3) is 3.56. The maximum absolute atomic E-state index is 5.89. The molecule has 1 unspecified atom stereocenters. The quantitative estimate of drug-likeness (QED) is 0.620. The molecule has 3 nitrogen and oxygen atoms in total. The Morgan fingerprint density at radius 1 is 1.42 bits per heavy atom. The van der Waals surface area contributed by atoms with Crippen molar-refractivity contribution in [1.82, 2.24) is 10.4 Å². The fraction of sp³-hybridized carbons (Fsp3) is 0.800. The van der Waals surface area contributed by atoms with Gasteiger partial charge in [-0.15, -0.1) is 11.3 Å². The first kappa shape index (κ1) is 14.9. The highest BCUT2D eigenvalue weighted by Crippen LogP contribution is 2.46. The van der Waals surface area contributed by atoms with Crippen LogP contribution < -0.4 is 11.3 Å². The van der Waals surface area contributed by atoms with Gasteiger partial charge in [0.2, 0.25) is 0 Å². The zero-order chi connectivity index (χ0) is 13.9. The Balaban J connectivity index is 2.13. The average Bonchev–Trinajstić information content (AvgIpc) is 2.95. The molecule has 1 heterocycles. The van der Waals surface area contributed by atoms with Crippen LogP contribution in [0.4, 0.5) is 0 Å². The van der Waals surface area contributed by atoms with Gasteiger partial charge < -0.3 is 0 Å². The Labute approximate surface area is 121 Å². The van der Waals surface area contributed by atoms with Crippen LogP contribution in [0.15, 0.2) is 5.38 Å². The van der Waals surface area contributed by atoms with E-state index >= 15 is 0 Å². The third-order valence-electron chi connectivity index (χ3n) is 4.43. The monoisotopic (exact) mass is 281 g/mol. The van der Waals surface area contributed by atoms with Crippen molar-refractivity contribution in [3.63, 3.8) is 0 Å². The highest BCUT2D eigenvalue weighted by Gasteiger charge is 2.41. The van der Waals surface area contributed by atoms with E-state index < -0.39 is 0 Å². The molecule has 0 spiro atoms. The Kier molecular flexibility index (Phi) is 4.98. The molecule has 0 saturated heterocycles. The molecule has 4 heteroatoms. The van der Waals surface area contributed by atoms with Crippen molar-refractivity contribution < 1.29 is 0 Å². The van der Waals surface area contributed by atoms with Gasteiger partial charge in [-0.1, -0.05) is 26.7 Å². The van der Waals surface area contributed by atoms with Crippen molar-refractivity contribution in [1.29, 1.82) is 0 Å². The number of hydrogen-bond acceptors (Lipinski definition) is 4. The molecule has 1 aliphatic carbocycles. The average molecular weight is 281 g/mol. The van der Waals surface area contributed by atoms with E-state index in [1.54, 1.807) is 11.3 Å². The smallest absolute Gasteiger partial charge is 0.0897 e. The van der Waals surface area contributed by atoms with Crippen molar-refractivity contribution in [2.75, 3.05) is 0 Å². The summed E-state index contributed by atoms with van der Waals surface area (Å²) in [6.45, 7) is 6.71. The molecule has 1 aromatic rings. The van der Waals surface area contributed by atoms with Crippen LogP contribution in [0.5, 0.6) is 0 Å². The van der Waals surface area contributed by atoms with E-state index in [-0.39, 0.29) is 0 Å². The minimum atomic E-state index is 0.360. The molecule has 2 rings (SSSR count). The first-order valence-electron chi connectivity index (χ1n) is 7.43. The molecular weight excluding hydrogens is 254 g/mol. The number of nitrogens with zero attached hydrogens (tertiary/aromatic N) is 1. The van der Waals surface area contributed by atoms with Gasteiger partial charge in [-0.3, -0.25) is 11.3 Å². The highest BCUT2D eigenvalue weighted by molar-refractivity contribution is 7.09. The molecule has 3 N–H and O–H groups in total. The van der Waals surface area contributed by atoms with Gasteiger partial charge in [0, 0.05) is 17.8 Å². The van der Waals surface area contributed by atoms with Crippen LogP contribution in [0, 0.1) is 18.3 Å². The van der Waals surface area contributed by atoms with Crippen LogP contribution in [0.25, 0.3) is 0 Å². The fourth-order valence-electron chi connectivity index (χ4n) is 3.75. The minimum Gasteiger partial charge on any atom is -0.271 e. The second-order valence-electron chi connectivity index (χ2n) is 6.45. The molecule has 0 bridgehead atoms. The molecule has 1 aliphatic rings. The summed E-state index contributed by atoms with van der Waals surface area (Å²) in [5.74, 6) is 6.62. The minimum absolute atomic E-state index is 0.360. The summed E-state index contributed by atoms with van der Waals surface area (Å²) in [5.41, 5.74) is 4.68. The SMILES string of the molecule is Cc1nc(CC(NN)C2(CC(C)C)CCCC2)cs1. The lowest BCUT2D eigenvalue weighted by atomic mass is 9.71. The summed E-state index contributed by atoms with van der Waals surface area (Å²) in [7, 11) is 0. The number of hydrazine groups is 1. The number of aromatic nitrogens is 1. The highest BCUT2D eigenvalue weighted by atomic mass is 32.1. The first-order chi connectivity index (χ1) is 9.05. The largest absolute Gasteiger partial charge is 0.271 e. The van der Waals surface area contributed by atoms with Gasteiger partial charge in [-0.25, -0.2) is 4.98 Å². The lowest BCUT2D eigenvalue weighted by Crippen LogP contribution is -2.49. The van der Waals surface area contributed by atoms with Crippen LogP contribution in [0.1, 0.15) is 56.7 Å². The molecule has 19 heavy (non-hydrogen) atoms. The molecule has 1 aromatic heterocycles. The van der Waals surface area contributed by atoms with E-state index in [0.717, 1.165) is 17.3 Å². The van der Waals surface area contributed by atoms with Crippen LogP contribution in [0.2, 0.25) is 0 Å². The van der Waals surface area contributed by atoms with Gasteiger partial charge in [0.05, 0.1) is 10.7 Å². The van der Waals surface area contributed by atoms with Gasteiger partial charge >= 0.3 is 0 Å². The lowest BCUT2D eigenvalue weighted by molar-refractivity contribution is 0.153. The molecule has 1 fully saturated rings. The molecule has 108 valence electrons. The Bertz CT molecular complexity index is 394. The molecule has 0 radical (unpaired) electrons. The van der Waals surface area contributed by atoms with E-state index in [2.05, 4.69) is 36.6 Å². The fourth-order valence-corrected chi connectivity index (χ4v) is 4.38. The Hall–Kier alpha value is -0.450. The number of nitrogens with two attached hydrogens (primary N) is 1. The van der Waals surface area contributed by atoms with Crippen LogP contribution in [0.3, 0.4) is 0 Å². The number of nitrogens with one attached hydrogen (secondary N) is 1. The van der Waals surface area contributed by atoms with Crippen molar-refractivity contribution in [3.8, 4) is 0 Å². The van der Waals surface area contributed by atoms with Crippen LogP contribution in [-0.2, 0) is 6.42 Å². The number of rotatable bonds is 6. The van der Waals surface area contributed by atoms with Crippen molar-refractivity contribution in [2.45, 2.75) is 65.3 Å². The van der Waals surface area contributed by atoms with Crippen molar-refractivity contribution >= 4 is 11.3 Å². The van der Waals surface area contributed by atoms with Gasteiger partial charge in [0.25, 0.3) is 0 Å². The van der Waals surface area contributed by atoms with E-state index in [1.165, 1.54) is 37.8 Å². The number of thiazole rings is 1. The second kappa shape index (κ2) is 6.33. The third-order valence-corrected chi connectivity index (χ3v) is 5.26. The summed E-state index contributed by atoms with van der Waals surface area (Å²) in [4.78, 5) is 4.60.